The van der Waals surface area contributed by atoms with E-state index in [-0.39, 0.29) is 11.9 Å². The smallest absolute Gasteiger partial charge is 0.238 e. The fourth-order valence-corrected chi connectivity index (χ4v) is 3.61. The lowest BCUT2D eigenvalue weighted by Gasteiger charge is -2.11. The first-order valence-electron chi connectivity index (χ1n) is 9.03. The van der Waals surface area contributed by atoms with Gasteiger partial charge in [0.2, 0.25) is 5.91 Å². The van der Waals surface area contributed by atoms with Crippen molar-refractivity contribution in [2.45, 2.75) is 51.7 Å². The van der Waals surface area contributed by atoms with Crippen molar-refractivity contribution in [1.82, 2.24) is 25.9 Å². The number of aromatic nitrogens is 2. The molecule has 1 saturated heterocycles. The molecule has 3 N–H and O–H groups in total. The normalized spacial score (nSPS) is 23.0. The number of nitrogens with one attached hydrogen (secondary N) is 3. The molecule has 1 amide bonds. The lowest BCUT2D eigenvalue weighted by Crippen LogP contribution is -2.43. The van der Waals surface area contributed by atoms with Crippen molar-refractivity contribution < 1.29 is 4.79 Å². The Labute approximate surface area is 148 Å². The second-order valence-electron chi connectivity index (χ2n) is 7.14. The van der Waals surface area contributed by atoms with Crippen LogP contribution in [0, 0.1) is 19.8 Å². The average molecular weight is 339 g/mol. The van der Waals surface area contributed by atoms with Crippen LogP contribution in [0.15, 0.2) is 30.3 Å². The minimum atomic E-state index is -0.143. The molecule has 1 saturated carbocycles. The maximum Gasteiger partial charge on any atom is 0.238 e. The van der Waals surface area contributed by atoms with Crippen LogP contribution in [0.3, 0.4) is 0 Å². The van der Waals surface area contributed by atoms with Crippen molar-refractivity contribution in [3.63, 3.8) is 0 Å². The molecule has 2 unspecified atom stereocenters. The molecular formula is C19H25N5O. The highest BCUT2D eigenvalue weighted by molar-refractivity contribution is 5.82. The molecule has 1 aliphatic heterocycles. The number of para-hydroxylation sites is 1. The molecule has 1 aromatic heterocycles. The summed E-state index contributed by atoms with van der Waals surface area (Å²) in [7, 11) is 0. The highest BCUT2D eigenvalue weighted by Crippen LogP contribution is 2.35. The molecule has 0 radical (unpaired) electrons. The van der Waals surface area contributed by atoms with Crippen molar-refractivity contribution in [2.24, 2.45) is 5.92 Å². The largest absolute Gasteiger partial charge is 0.350 e. The zero-order valence-corrected chi connectivity index (χ0v) is 14.7. The standard InChI is InChI=1S/C19H25N5O/c1-12-16(13(2)24(23-12)15-6-4-3-5-7-15)11-20-19(25)18-10-17(21-22-18)14-8-9-14/h3-7,14,17-18,21-22H,8-11H2,1-2H3,(H,20,25). The lowest BCUT2D eigenvalue weighted by atomic mass is 10.1. The summed E-state index contributed by atoms with van der Waals surface area (Å²) in [5.41, 5.74) is 10.6. The van der Waals surface area contributed by atoms with Gasteiger partial charge in [0.05, 0.1) is 11.4 Å². The van der Waals surface area contributed by atoms with E-state index in [1.165, 1.54) is 12.8 Å². The van der Waals surface area contributed by atoms with Gasteiger partial charge >= 0.3 is 0 Å². The number of hydrogen-bond donors (Lipinski definition) is 3. The Bertz CT molecular complexity index is 766. The zero-order valence-electron chi connectivity index (χ0n) is 14.7. The number of carbonyl (C=O) groups is 1. The Hall–Kier alpha value is -2.18. The Kier molecular flexibility index (Phi) is 4.31. The number of hydrogen-bond acceptors (Lipinski definition) is 4. The molecular weight excluding hydrogens is 314 g/mol. The molecule has 2 aromatic rings. The summed E-state index contributed by atoms with van der Waals surface area (Å²) in [6.45, 7) is 4.55. The molecule has 2 aliphatic rings. The molecule has 6 nitrogen and oxygen atoms in total. The number of rotatable bonds is 5. The van der Waals surface area contributed by atoms with Crippen LogP contribution in [0.25, 0.3) is 5.69 Å². The molecule has 1 aliphatic carbocycles. The van der Waals surface area contributed by atoms with Gasteiger partial charge in [0, 0.05) is 23.8 Å². The van der Waals surface area contributed by atoms with Gasteiger partial charge in [-0.05, 0) is 51.2 Å². The van der Waals surface area contributed by atoms with E-state index in [2.05, 4.69) is 21.3 Å². The number of carbonyl (C=O) groups excluding carboxylic acids is 1. The number of amides is 1. The van der Waals surface area contributed by atoms with E-state index in [4.69, 9.17) is 0 Å². The van der Waals surface area contributed by atoms with Crippen LogP contribution in [-0.4, -0.2) is 27.8 Å². The summed E-state index contributed by atoms with van der Waals surface area (Å²) in [5, 5.41) is 7.71. The van der Waals surface area contributed by atoms with Gasteiger partial charge in [-0.2, -0.15) is 5.10 Å². The summed E-state index contributed by atoms with van der Waals surface area (Å²) < 4.78 is 1.94. The molecule has 6 heteroatoms. The minimum Gasteiger partial charge on any atom is -0.350 e. The van der Waals surface area contributed by atoms with Crippen LogP contribution in [0.1, 0.15) is 36.2 Å². The summed E-state index contributed by atoms with van der Waals surface area (Å²) in [6.07, 6.45) is 3.44. The van der Waals surface area contributed by atoms with Crippen LogP contribution in [0.2, 0.25) is 0 Å². The SMILES string of the molecule is Cc1nn(-c2ccccc2)c(C)c1CNC(=O)C1CC(C2CC2)NN1. The van der Waals surface area contributed by atoms with Crippen molar-refractivity contribution >= 4 is 5.91 Å². The molecule has 2 fully saturated rings. The molecule has 4 rings (SSSR count). The first kappa shape index (κ1) is 16.3. The summed E-state index contributed by atoms with van der Waals surface area (Å²) >= 11 is 0. The fraction of sp³-hybridized carbons (Fsp3) is 0.474. The van der Waals surface area contributed by atoms with Crippen molar-refractivity contribution in [3.05, 3.63) is 47.3 Å². The van der Waals surface area contributed by atoms with Gasteiger partial charge in [0.25, 0.3) is 0 Å². The number of hydrazine groups is 1. The number of nitrogens with zero attached hydrogens (tertiary/aromatic N) is 2. The molecule has 132 valence electrons. The van der Waals surface area contributed by atoms with Crippen LogP contribution in [-0.2, 0) is 11.3 Å². The maximum absolute atomic E-state index is 12.5. The molecule has 0 spiro atoms. The maximum atomic E-state index is 12.5. The van der Waals surface area contributed by atoms with Crippen LogP contribution in [0.4, 0.5) is 0 Å². The Balaban J connectivity index is 1.41. The van der Waals surface area contributed by atoms with E-state index >= 15 is 0 Å². The van der Waals surface area contributed by atoms with Crippen molar-refractivity contribution in [2.75, 3.05) is 0 Å². The van der Waals surface area contributed by atoms with Gasteiger partial charge < -0.3 is 5.32 Å². The van der Waals surface area contributed by atoms with Crippen molar-refractivity contribution in [3.8, 4) is 5.69 Å². The third-order valence-corrected chi connectivity index (χ3v) is 5.32. The molecule has 1 aromatic carbocycles. The lowest BCUT2D eigenvalue weighted by molar-refractivity contribution is -0.123. The summed E-state index contributed by atoms with van der Waals surface area (Å²) in [4.78, 5) is 12.5. The average Bonchev–Trinajstić information content (AvgIpc) is 3.29. The van der Waals surface area contributed by atoms with Crippen LogP contribution >= 0.6 is 0 Å². The van der Waals surface area contributed by atoms with Crippen molar-refractivity contribution in [1.29, 1.82) is 0 Å². The van der Waals surface area contributed by atoms with Gasteiger partial charge in [0.15, 0.2) is 0 Å². The first-order chi connectivity index (χ1) is 12.1. The monoisotopic (exact) mass is 339 g/mol. The minimum absolute atomic E-state index is 0.0573. The van der Waals surface area contributed by atoms with Gasteiger partial charge in [0.1, 0.15) is 6.04 Å². The number of aryl methyl sites for hydroxylation is 1. The second-order valence-corrected chi connectivity index (χ2v) is 7.14. The van der Waals surface area contributed by atoms with E-state index in [0.29, 0.717) is 12.6 Å². The quantitative estimate of drug-likeness (QED) is 0.776. The highest BCUT2D eigenvalue weighted by atomic mass is 16.2. The van der Waals surface area contributed by atoms with Gasteiger partial charge in [-0.25, -0.2) is 10.1 Å². The topological polar surface area (TPSA) is 71.0 Å². The van der Waals surface area contributed by atoms with Crippen LogP contribution < -0.4 is 16.2 Å². The zero-order chi connectivity index (χ0) is 17.4. The van der Waals surface area contributed by atoms with E-state index in [1.807, 2.05) is 48.9 Å². The molecule has 2 atom stereocenters. The third-order valence-electron chi connectivity index (χ3n) is 5.32. The molecule has 2 heterocycles. The second kappa shape index (κ2) is 6.61. The fourth-order valence-electron chi connectivity index (χ4n) is 3.61. The number of benzene rings is 1. The van der Waals surface area contributed by atoms with Gasteiger partial charge in [-0.3, -0.25) is 10.2 Å². The highest BCUT2D eigenvalue weighted by Gasteiger charge is 2.38. The molecule has 25 heavy (non-hydrogen) atoms. The first-order valence-corrected chi connectivity index (χ1v) is 9.03. The third kappa shape index (κ3) is 3.32. The van der Waals surface area contributed by atoms with E-state index < -0.39 is 0 Å². The van der Waals surface area contributed by atoms with E-state index in [9.17, 15) is 4.79 Å². The summed E-state index contributed by atoms with van der Waals surface area (Å²) in [5.74, 6) is 0.806. The Morgan fingerprint density at radius 1 is 1.24 bits per heavy atom. The van der Waals surface area contributed by atoms with E-state index in [0.717, 1.165) is 35.0 Å². The Morgan fingerprint density at radius 3 is 2.72 bits per heavy atom. The molecule has 0 bridgehead atoms. The predicted molar refractivity (Wildman–Crippen MR) is 96.1 cm³/mol. The summed E-state index contributed by atoms with van der Waals surface area (Å²) in [6, 6.07) is 10.4. The Morgan fingerprint density at radius 2 is 2.00 bits per heavy atom. The predicted octanol–water partition coefficient (Wildman–Crippen LogP) is 1.75. The van der Waals surface area contributed by atoms with Crippen LogP contribution in [0.5, 0.6) is 0 Å². The van der Waals surface area contributed by atoms with Gasteiger partial charge in [-0.1, -0.05) is 18.2 Å². The van der Waals surface area contributed by atoms with E-state index in [1.54, 1.807) is 0 Å². The van der Waals surface area contributed by atoms with Gasteiger partial charge in [-0.15, -0.1) is 0 Å².